The van der Waals surface area contributed by atoms with E-state index in [9.17, 15) is 9.59 Å². The van der Waals surface area contributed by atoms with Gasteiger partial charge in [0.05, 0.1) is 32.0 Å². The van der Waals surface area contributed by atoms with Crippen LogP contribution in [0.2, 0.25) is 20.1 Å². The van der Waals surface area contributed by atoms with Gasteiger partial charge in [-0.25, -0.2) is 9.97 Å². The summed E-state index contributed by atoms with van der Waals surface area (Å²) >= 11 is 23.8. The second kappa shape index (κ2) is 10.4. The maximum atomic E-state index is 12.6. The first-order valence-corrected chi connectivity index (χ1v) is 12.3. The molecule has 0 fully saturated rings. The number of fused-ring (bicyclic) bond motifs is 1. The number of pyridine rings is 1. The molecule has 37 heavy (non-hydrogen) atoms. The number of H-pyrrole nitrogens is 1. The minimum absolute atomic E-state index is 0.291. The maximum Gasteiger partial charge on any atom is 0.255 e. The van der Waals surface area contributed by atoms with E-state index in [2.05, 4.69) is 25.6 Å². The number of hydrogen-bond donors (Lipinski definition) is 3. The Kier molecular flexibility index (Phi) is 7.04. The maximum absolute atomic E-state index is 12.6. The molecule has 2 heterocycles. The lowest BCUT2D eigenvalue weighted by molar-refractivity contribution is 0.101. The summed E-state index contributed by atoms with van der Waals surface area (Å²) in [6, 6.07) is 18.2. The van der Waals surface area contributed by atoms with Gasteiger partial charge in [0, 0.05) is 22.4 Å². The first-order chi connectivity index (χ1) is 17.8. The Balaban J connectivity index is 1.30. The van der Waals surface area contributed by atoms with E-state index in [1.165, 1.54) is 18.3 Å². The van der Waals surface area contributed by atoms with E-state index in [1.807, 2.05) is 12.1 Å². The van der Waals surface area contributed by atoms with Crippen LogP contribution in [-0.2, 0) is 0 Å². The van der Waals surface area contributed by atoms with Gasteiger partial charge in [0.25, 0.3) is 11.8 Å². The predicted molar refractivity (Wildman–Crippen MR) is 148 cm³/mol. The zero-order valence-electron chi connectivity index (χ0n) is 18.7. The normalized spacial score (nSPS) is 10.9. The molecule has 0 bridgehead atoms. The fourth-order valence-electron chi connectivity index (χ4n) is 3.49. The lowest BCUT2D eigenvalue weighted by atomic mass is 10.1. The number of imidazole rings is 1. The van der Waals surface area contributed by atoms with Crippen molar-refractivity contribution in [3.05, 3.63) is 104 Å². The number of aromatic nitrogens is 3. The second-order valence-electron chi connectivity index (χ2n) is 7.92. The summed E-state index contributed by atoms with van der Waals surface area (Å²) in [5, 5.41) is 6.94. The van der Waals surface area contributed by atoms with Crippen molar-refractivity contribution in [3.63, 3.8) is 0 Å². The molecule has 184 valence electrons. The molecule has 5 rings (SSSR count). The van der Waals surface area contributed by atoms with Crippen LogP contribution in [0.4, 0.5) is 11.4 Å². The van der Waals surface area contributed by atoms with Gasteiger partial charge in [0.15, 0.2) is 5.65 Å². The Morgan fingerprint density at radius 1 is 0.676 bits per heavy atom. The monoisotopic (exact) mass is 569 g/mol. The fraction of sp³-hybridized carbons (Fsp3) is 0. The molecule has 3 aromatic carbocycles. The van der Waals surface area contributed by atoms with E-state index in [0.717, 1.165) is 5.56 Å². The molecule has 0 radical (unpaired) electrons. The van der Waals surface area contributed by atoms with Crippen LogP contribution in [0.1, 0.15) is 20.7 Å². The largest absolute Gasteiger partial charge is 0.323 e. The Morgan fingerprint density at radius 2 is 1.24 bits per heavy atom. The first-order valence-electron chi connectivity index (χ1n) is 10.8. The molecule has 5 aromatic rings. The third kappa shape index (κ3) is 5.55. The molecule has 0 aliphatic heterocycles. The fourth-order valence-corrected chi connectivity index (χ4v) is 4.09. The number of hydrogen-bond acceptors (Lipinski definition) is 4. The highest BCUT2D eigenvalue weighted by molar-refractivity contribution is 6.42. The molecule has 0 aliphatic rings. The zero-order valence-corrected chi connectivity index (χ0v) is 21.7. The van der Waals surface area contributed by atoms with Crippen molar-refractivity contribution in [2.24, 2.45) is 0 Å². The average Bonchev–Trinajstić information content (AvgIpc) is 3.31. The van der Waals surface area contributed by atoms with Crippen molar-refractivity contribution in [1.29, 1.82) is 0 Å². The Morgan fingerprint density at radius 3 is 1.81 bits per heavy atom. The van der Waals surface area contributed by atoms with Crippen molar-refractivity contribution in [2.45, 2.75) is 0 Å². The summed E-state index contributed by atoms with van der Waals surface area (Å²) in [7, 11) is 0. The number of aromatic amines is 1. The number of amides is 2. The lowest BCUT2D eigenvalue weighted by Gasteiger charge is -2.07. The van der Waals surface area contributed by atoms with Crippen LogP contribution in [0.25, 0.3) is 22.6 Å². The Hall–Kier alpha value is -3.62. The van der Waals surface area contributed by atoms with E-state index in [4.69, 9.17) is 46.4 Å². The highest BCUT2D eigenvalue weighted by Crippen LogP contribution is 2.26. The predicted octanol–water partition coefficient (Wildman–Crippen LogP) is 7.74. The highest BCUT2D eigenvalue weighted by atomic mass is 35.5. The van der Waals surface area contributed by atoms with E-state index in [1.54, 1.807) is 42.5 Å². The van der Waals surface area contributed by atoms with Crippen LogP contribution in [0, 0.1) is 0 Å². The van der Waals surface area contributed by atoms with Gasteiger partial charge in [0.1, 0.15) is 11.3 Å². The lowest BCUT2D eigenvalue weighted by Crippen LogP contribution is -2.12. The zero-order chi connectivity index (χ0) is 26.1. The molecule has 0 aliphatic carbocycles. The number of benzene rings is 3. The van der Waals surface area contributed by atoms with Gasteiger partial charge < -0.3 is 15.6 Å². The van der Waals surface area contributed by atoms with Crippen LogP contribution in [0.15, 0.2) is 72.9 Å². The number of carbonyl (C=O) groups excluding carboxylic acids is 2. The van der Waals surface area contributed by atoms with Crippen LogP contribution >= 0.6 is 46.4 Å². The molecule has 0 unspecified atom stereocenters. The molecule has 2 aromatic heterocycles. The molecule has 3 N–H and O–H groups in total. The molecular weight excluding hydrogens is 556 g/mol. The number of nitrogens with zero attached hydrogens (tertiary/aromatic N) is 2. The summed E-state index contributed by atoms with van der Waals surface area (Å²) in [5.74, 6) is -0.0819. The molecular formula is C26H15Cl4N5O2. The molecule has 0 spiro atoms. The summed E-state index contributed by atoms with van der Waals surface area (Å²) < 4.78 is 0. The minimum Gasteiger partial charge on any atom is -0.323 e. The summed E-state index contributed by atoms with van der Waals surface area (Å²) in [6.07, 6.45) is 1.53. The van der Waals surface area contributed by atoms with E-state index >= 15 is 0 Å². The number of nitrogens with one attached hydrogen (secondary N) is 3. The molecule has 7 nitrogen and oxygen atoms in total. The standard InChI is InChI=1S/C26H15Cl4N5O2/c27-18-7-3-14(9-20(18)29)25(36)32-16-5-1-13(2-6-16)23-34-22-11-17(12-31-24(22)35-23)33-26(37)15-4-8-19(28)21(30)10-15/h1-12H,(H,32,36)(H,33,37)(H,31,34,35). The van der Waals surface area contributed by atoms with Crippen LogP contribution in [0.5, 0.6) is 0 Å². The van der Waals surface area contributed by atoms with Gasteiger partial charge >= 0.3 is 0 Å². The highest BCUT2D eigenvalue weighted by Gasteiger charge is 2.13. The topological polar surface area (TPSA) is 99.8 Å². The summed E-state index contributed by atoms with van der Waals surface area (Å²) in [5.41, 5.74) is 3.74. The molecule has 2 amide bonds. The Labute approximate surface area is 230 Å². The summed E-state index contributed by atoms with van der Waals surface area (Å²) in [6.45, 7) is 0. The second-order valence-corrected chi connectivity index (χ2v) is 9.55. The van der Waals surface area contributed by atoms with Crippen molar-refractivity contribution in [3.8, 4) is 11.4 Å². The van der Waals surface area contributed by atoms with E-state index in [-0.39, 0.29) is 11.8 Å². The average molecular weight is 571 g/mol. The number of carbonyl (C=O) groups is 2. The van der Waals surface area contributed by atoms with Gasteiger partial charge in [0.2, 0.25) is 0 Å². The van der Waals surface area contributed by atoms with Crippen LogP contribution < -0.4 is 10.6 Å². The van der Waals surface area contributed by atoms with Crippen molar-refractivity contribution < 1.29 is 9.59 Å². The van der Waals surface area contributed by atoms with Crippen molar-refractivity contribution in [1.82, 2.24) is 15.0 Å². The van der Waals surface area contributed by atoms with Gasteiger partial charge in [-0.3, -0.25) is 9.59 Å². The van der Waals surface area contributed by atoms with Gasteiger partial charge in [-0.2, -0.15) is 0 Å². The van der Waals surface area contributed by atoms with Crippen molar-refractivity contribution in [2.75, 3.05) is 10.6 Å². The van der Waals surface area contributed by atoms with Crippen molar-refractivity contribution >= 4 is 80.8 Å². The number of rotatable bonds is 5. The molecule has 11 heteroatoms. The number of halogens is 4. The van der Waals surface area contributed by atoms with Gasteiger partial charge in [-0.1, -0.05) is 46.4 Å². The smallest absolute Gasteiger partial charge is 0.255 e. The minimum atomic E-state index is -0.353. The molecule has 0 saturated heterocycles. The number of anilines is 2. The van der Waals surface area contributed by atoms with E-state index < -0.39 is 0 Å². The summed E-state index contributed by atoms with van der Waals surface area (Å²) in [4.78, 5) is 37.1. The van der Waals surface area contributed by atoms with Gasteiger partial charge in [-0.15, -0.1) is 0 Å². The third-order valence-corrected chi connectivity index (χ3v) is 6.85. The van der Waals surface area contributed by atoms with E-state index in [0.29, 0.717) is 59.6 Å². The third-order valence-electron chi connectivity index (χ3n) is 5.37. The quantitative estimate of drug-likeness (QED) is 0.201. The molecule has 0 atom stereocenters. The first kappa shape index (κ1) is 25.0. The van der Waals surface area contributed by atoms with Gasteiger partial charge in [-0.05, 0) is 66.7 Å². The molecule has 0 saturated carbocycles. The SMILES string of the molecule is O=C(Nc1ccc(-c2nc3cc(NC(=O)c4ccc(Cl)c(Cl)c4)cnc3[nH]2)cc1)c1ccc(Cl)c(Cl)c1. The van der Waals surface area contributed by atoms with Crippen LogP contribution in [-0.4, -0.2) is 26.8 Å². The van der Waals surface area contributed by atoms with Crippen LogP contribution in [0.3, 0.4) is 0 Å². The Bertz CT molecular complexity index is 1670.